The van der Waals surface area contributed by atoms with Crippen molar-refractivity contribution < 1.29 is 9.52 Å². The fourth-order valence-corrected chi connectivity index (χ4v) is 2.89. The van der Waals surface area contributed by atoms with Crippen molar-refractivity contribution in [2.45, 2.75) is 12.3 Å². The molecule has 0 saturated heterocycles. The van der Waals surface area contributed by atoms with E-state index in [0.717, 1.165) is 6.42 Å². The van der Waals surface area contributed by atoms with Crippen LogP contribution in [0.5, 0.6) is 0 Å². The zero-order valence-electron chi connectivity index (χ0n) is 13.8. The lowest BCUT2D eigenvalue weighted by Gasteiger charge is -2.18. The van der Waals surface area contributed by atoms with Crippen molar-refractivity contribution in [1.82, 2.24) is 5.32 Å². The molecule has 0 bridgehead atoms. The number of carbonyl (C=O) groups excluding carboxylic acids is 1. The second-order valence-corrected chi connectivity index (χ2v) is 5.87. The van der Waals surface area contributed by atoms with Crippen LogP contribution in [0.2, 0.25) is 0 Å². The number of amides is 1. The van der Waals surface area contributed by atoms with Crippen LogP contribution in [-0.2, 0) is 0 Å². The van der Waals surface area contributed by atoms with Crippen molar-refractivity contribution in [2.75, 3.05) is 6.54 Å². The molecule has 3 aromatic rings. The molecule has 1 aromatic heterocycles. The Kier molecular flexibility index (Phi) is 5.42. The zero-order valence-corrected chi connectivity index (χ0v) is 13.8. The Balaban J connectivity index is 1.67. The summed E-state index contributed by atoms with van der Waals surface area (Å²) in [6, 6.07) is 23.6. The summed E-state index contributed by atoms with van der Waals surface area (Å²) in [4.78, 5) is 12.2. The molecular weight excluding hydrogens is 312 g/mol. The number of rotatable bonds is 6. The second kappa shape index (κ2) is 8.11. The van der Waals surface area contributed by atoms with Gasteiger partial charge in [0.05, 0.1) is 5.56 Å². The Morgan fingerprint density at radius 2 is 1.40 bits per heavy atom. The largest absolute Gasteiger partial charge is 0.619 e. The lowest BCUT2D eigenvalue weighted by atomic mass is 9.88. The predicted molar refractivity (Wildman–Crippen MR) is 97.1 cm³/mol. The maximum absolute atomic E-state index is 12.2. The molecule has 0 radical (unpaired) electrons. The summed E-state index contributed by atoms with van der Waals surface area (Å²) in [5, 5.41) is 14.0. The topological polar surface area (TPSA) is 56.0 Å². The summed E-state index contributed by atoms with van der Waals surface area (Å²) >= 11 is 0. The smallest absolute Gasteiger partial charge is 0.251 e. The van der Waals surface area contributed by atoms with Gasteiger partial charge in [-0.3, -0.25) is 4.79 Å². The first-order valence-corrected chi connectivity index (χ1v) is 8.31. The minimum Gasteiger partial charge on any atom is -0.619 e. The van der Waals surface area contributed by atoms with Crippen LogP contribution in [0.1, 0.15) is 33.8 Å². The minimum atomic E-state index is -0.166. The first-order chi connectivity index (χ1) is 12.2. The van der Waals surface area contributed by atoms with Gasteiger partial charge in [-0.25, -0.2) is 0 Å². The number of nitrogens with zero attached hydrogens (tertiary/aromatic N) is 1. The molecule has 0 spiro atoms. The number of benzene rings is 2. The van der Waals surface area contributed by atoms with E-state index < -0.39 is 0 Å². The van der Waals surface area contributed by atoms with Crippen molar-refractivity contribution >= 4 is 5.91 Å². The number of aromatic nitrogens is 1. The summed E-state index contributed by atoms with van der Waals surface area (Å²) in [7, 11) is 0. The molecule has 1 heterocycles. The number of pyridine rings is 1. The lowest BCUT2D eigenvalue weighted by molar-refractivity contribution is -0.605. The van der Waals surface area contributed by atoms with Crippen LogP contribution in [0.25, 0.3) is 0 Å². The van der Waals surface area contributed by atoms with E-state index in [1.807, 2.05) is 36.4 Å². The van der Waals surface area contributed by atoms with Gasteiger partial charge in [0.2, 0.25) is 0 Å². The van der Waals surface area contributed by atoms with Gasteiger partial charge in [-0.05, 0) is 17.5 Å². The van der Waals surface area contributed by atoms with Crippen molar-refractivity contribution in [3.8, 4) is 0 Å². The maximum atomic E-state index is 12.2. The average Bonchev–Trinajstić information content (AvgIpc) is 2.67. The Hall–Kier alpha value is -3.14. The molecule has 1 amide bonds. The SMILES string of the molecule is O=C(NCCC(c1ccccc1)c1ccccc1)c1cc[n+]([O-])cc1. The highest BCUT2D eigenvalue weighted by molar-refractivity contribution is 5.93. The molecular formula is C21H20N2O2. The molecule has 2 aromatic carbocycles. The van der Waals surface area contributed by atoms with Gasteiger partial charge in [-0.15, -0.1) is 0 Å². The highest BCUT2D eigenvalue weighted by Gasteiger charge is 2.14. The number of nitrogens with one attached hydrogen (secondary N) is 1. The molecule has 0 unspecified atom stereocenters. The molecule has 25 heavy (non-hydrogen) atoms. The third-order valence-electron chi connectivity index (χ3n) is 4.19. The fraction of sp³-hybridized carbons (Fsp3) is 0.143. The van der Waals surface area contributed by atoms with E-state index >= 15 is 0 Å². The van der Waals surface area contributed by atoms with Crippen molar-refractivity contribution in [3.05, 3.63) is 107 Å². The van der Waals surface area contributed by atoms with Crippen LogP contribution in [-0.4, -0.2) is 12.5 Å². The Bertz CT molecular complexity index is 763. The molecule has 0 saturated carbocycles. The summed E-state index contributed by atoms with van der Waals surface area (Å²) in [6.07, 6.45) is 3.45. The van der Waals surface area contributed by atoms with Gasteiger partial charge in [-0.1, -0.05) is 60.7 Å². The minimum absolute atomic E-state index is 0.166. The van der Waals surface area contributed by atoms with Crippen LogP contribution in [0.4, 0.5) is 0 Å². The van der Waals surface area contributed by atoms with Gasteiger partial charge in [0.25, 0.3) is 5.91 Å². The van der Waals surface area contributed by atoms with Crippen molar-refractivity contribution in [3.63, 3.8) is 0 Å². The van der Waals surface area contributed by atoms with E-state index in [-0.39, 0.29) is 11.8 Å². The number of hydrogen-bond donors (Lipinski definition) is 1. The van der Waals surface area contributed by atoms with E-state index in [1.54, 1.807) is 0 Å². The average molecular weight is 332 g/mol. The Labute approximate surface area is 147 Å². The van der Waals surface area contributed by atoms with Crippen molar-refractivity contribution in [2.24, 2.45) is 0 Å². The summed E-state index contributed by atoms with van der Waals surface area (Å²) < 4.78 is 0.664. The van der Waals surface area contributed by atoms with Gasteiger partial charge < -0.3 is 10.5 Å². The summed E-state index contributed by atoms with van der Waals surface area (Å²) in [5.74, 6) is 0.0581. The molecule has 126 valence electrons. The van der Waals surface area contributed by atoms with E-state index in [2.05, 4.69) is 29.6 Å². The van der Waals surface area contributed by atoms with Crippen LogP contribution in [0.15, 0.2) is 85.2 Å². The molecule has 3 rings (SSSR count). The van der Waals surface area contributed by atoms with Crippen molar-refractivity contribution in [1.29, 1.82) is 0 Å². The highest BCUT2D eigenvalue weighted by Crippen LogP contribution is 2.27. The zero-order chi connectivity index (χ0) is 17.5. The quantitative estimate of drug-likeness (QED) is 0.556. The molecule has 4 nitrogen and oxygen atoms in total. The van der Waals surface area contributed by atoms with Gasteiger partial charge in [0.1, 0.15) is 0 Å². The molecule has 4 heteroatoms. The second-order valence-electron chi connectivity index (χ2n) is 5.87. The third-order valence-corrected chi connectivity index (χ3v) is 4.19. The molecule has 0 aliphatic rings. The van der Waals surface area contributed by atoms with Gasteiger partial charge in [0.15, 0.2) is 12.4 Å². The van der Waals surface area contributed by atoms with Gasteiger partial charge >= 0.3 is 0 Å². The van der Waals surface area contributed by atoms with E-state index in [0.29, 0.717) is 16.8 Å². The summed E-state index contributed by atoms with van der Waals surface area (Å²) in [5.41, 5.74) is 2.95. The van der Waals surface area contributed by atoms with Crippen LogP contribution < -0.4 is 10.0 Å². The van der Waals surface area contributed by atoms with Crippen LogP contribution in [0, 0.1) is 5.21 Å². The van der Waals surface area contributed by atoms with Crippen LogP contribution in [0.3, 0.4) is 0 Å². The van der Waals surface area contributed by atoms with E-state index in [9.17, 15) is 10.0 Å². The highest BCUT2D eigenvalue weighted by atomic mass is 16.5. The lowest BCUT2D eigenvalue weighted by Crippen LogP contribution is -2.28. The first kappa shape index (κ1) is 16.7. The van der Waals surface area contributed by atoms with E-state index in [4.69, 9.17) is 0 Å². The molecule has 0 aliphatic carbocycles. The van der Waals surface area contributed by atoms with Gasteiger partial charge in [-0.2, -0.15) is 4.73 Å². The fourth-order valence-electron chi connectivity index (χ4n) is 2.89. The Morgan fingerprint density at radius 3 is 1.92 bits per heavy atom. The number of hydrogen-bond acceptors (Lipinski definition) is 2. The van der Waals surface area contributed by atoms with Gasteiger partial charge in [0, 0.05) is 24.6 Å². The predicted octanol–water partition coefficient (Wildman–Crippen LogP) is 3.27. The first-order valence-electron chi connectivity index (χ1n) is 8.31. The molecule has 0 aliphatic heterocycles. The Morgan fingerprint density at radius 1 is 0.880 bits per heavy atom. The molecule has 0 atom stereocenters. The number of carbonyl (C=O) groups is 1. The normalized spacial score (nSPS) is 10.6. The van der Waals surface area contributed by atoms with Crippen LogP contribution >= 0.6 is 0 Å². The monoisotopic (exact) mass is 332 g/mol. The third kappa shape index (κ3) is 4.44. The maximum Gasteiger partial charge on any atom is 0.251 e. The standard InChI is InChI=1S/C21H20N2O2/c24-21(19-12-15-23(25)16-13-19)22-14-11-20(17-7-3-1-4-8-17)18-9-5-2-6-10-18/h1-10,12-13,15-16,20H,11,14H2,(H,22,24). The van der Waals surface area contributed by atoms with E-state index in [1.165, 1.54) is 35.7 Å². The molecule has 0 fully saturated rings. The summed E-state index contributed by atoms with van der Waals surface area (Å²) in [6.45, 7) is 0.555. The molecule has 1 N–H and O–H groups in total.